The van der Waals surface area contributed by atoms with Gasteiger partial charge in [0.25, 0.3) is 0 Å². The Morgan fingerprint density at radius 3 is 2.53 bits per heavy atom. The van der Waals surface area contributed by atoms with E-state index in [1.54, 1.807) is 24.1 Å². The Morgan fingerprint density at radius 1 is 1.37 bits per heavy atom. The number of carbonyl (C=O) groups excluding carboxylic acids is 1. The lowest BCUT2D eigenvalue weighted by atomic mass is 10.00. The summed E-state index contributed by atoms with van der Waals surface area (Å²) in [5.41, 5.74) is 0.880. The highest BCUT2D eigenvalue weighted by atomic mass is 35.5. The first-order chi connectivity index (χ1) is 8.47. The average Bonchev–Trinajstić information content (AvgIpc) is 2.37. The molecular formula is C13H19Cl3N2O. The lowest BCUT2D eigenvalue weighted by molar-refractivity contribution is -0.131. The van der Waals surface area contributed by atoms with Crippen LogP contribution in [0.1, 0.15) is 18.4 Å². The van der Waals surface area contributed by atoms with Crippen molar-refractivity contribution in [3.8, 4) is 0 Å². The van der Waals surface area contributed by atoms with E-state index in [-0.39, 0.29) is 24.2 Å². The zero-order valence-electron chi connectivity index (χ0n) is 11.2. The molecule has 0 saturated carbocycles. The third-order valence-electron chi connectivity index (χ3n) is 2.89. The first kappa shape index (κ1) is 18.5. The SMILES string of the molecule is CNCCN(C)C(=O)C(C)c1ccc(Cl)c(Cl)c1.Cl. The molecule has 0 aliphatic heterocycles. The van der Waals surface area contributed by atoms with Crippen LogP contribution in [0.4, 0.5) is 0 Å². The fourth-order valence-corrected chi connectivity index (χ4v) is 1.95. The summed E-state index contributed by atoms with van der Waals surface area (Å²) in [7, 11) is 3.66. The standard InChI is InChI=1S/C13H18Cl2N2O.ClH/c1-9(13(18)17(3)7-6-16-2)10-4-5-11(14)12(15)8-10;/h4-5,8-9,16H,6-7H2,1-3H3;1H. The normalized spacial score (nSPS) is 11.6. The van der Waals surface area contributed by atoms with Gasteiger partial charge in [-0.05, 0) is 31.7 Å². The van der Waals surface area contributed by atoms with Crippen molar-refractivity contribution in [3.05, 3.63) is 33.8 Å². The Hall–Kier alpha value is -0.480. The van der Waals surface area contributed by atoms with Crippen molar-refractivity contribution < 1.29 is 4.79 Å². The maximum Gasteiger partial charge on any atom is 0.229 e. The van der Waals surface area contributed by atoms with Crippen molar-refractivity contribution in [1.29, 1.82) is 0 Å². The molecular weight excluding hydrogens is 307 g/mol. The number of hydrogen-bond donors (Lipinski definition) is 1. The molecule has 19 heavy (non-hydrogen) atoms. The summed E-state index contributed by atoms with van der Waals surface area (Å²) in [6, 6.07) is 5.30. The smallest absolute Gasteiger partial charge is 0.229 e. The summed E-state index contributed by atoms with van der Waals surface area (Å²) in [4.78, 5) is 13.9. The number of nitrogens with zero attached hydrogens (tertiary/aromatic N) is 1. The van der Waals surface area contributed by atoms with Gasteiger partial charge in [-0.3, -0.25) is 4.79 Å². The Kier molecular flexibility index (Phi) is 8.42. The molecule has 0 aromatic heterocycles. The predicted molar refractivity (Wildman–Crippen MR) is 83.7 cm³/mol. The maximum atomic E-state index is 12.2. The van der Waals surface area contributed by atoms with Gasteiger partial charge in [-0.1, -0.05) is 29.3 Å². The van der Waals surface area contributed by atoms with Crippen LogP contribution in [-0.4, -0.2) is 38.0 Å². The fraction of sp³-hybridized carbons (Fsp3) is 0.462. The summed E-state index contributed by atoms with van der Waals surface area (Å²) in [6.07, 6.45) is 0. The third-order valence-corrected chi connectivity index (χ3v) is 3.63. The molecule has 3 nitrogen and oxygen atoms in total. The van der Waals surface area contributed by atoms with Crippen LogP contribution in [0, 0.1) is 0 Å². The first-order valence-corrected chi connectivity index (χ1v) is 6.57. The Balaban J connectivity index is 0.00000324. The first-order valence-electron chi connectivity index (χ1n) is 5.82. The molecule has 0 heterocycles. The molecule has 0 spiro atoms. The summed E-state index contributed by atoms with van der Waals surface area (Å²) >= 11 is 11.8. The zero-order valence-corrected chi connectivity index (χ0v) is 13.6. The summed E-state index contributed by atoms with van der Waals surface area (Å²) in [5, 5.41) is 4.00. The molecule has 1 rings (SSSR count). The molecule has 1 amide bonds. The molecule has 0 bridgehead atoms. The van der Waals surface area contributed by atoms with Crippen molar-refractivity contribution in [2.75, 3.05) is 27.2 Å². The summed E-state index contributed by atoms with van der Waals surface area (Å²) in [5.74, 6) is -0.148. The van der Waals surface area contributed by atoms with Gasteiger partial charge in [0.15, 0.2) is 0 Å². The van der Waals surface area contributed by atoms with Gasteiger partial charge < -0.3 is 10.2 Å². The molecule has 0 saturated heterocycles. The van der Waals surface area contributed by atoms with E-state index in [4.69, 9.17) is 23.2 Å². The highest BCUT2D eigenvalue weighted by molar-refractivity contribution is 6.42. The fourth-order valence-electron chi connectivity index (χ4n) is 1.64. The van der Waals surface area contributed by atoms with Crippen LogP contribution >= 0.6 is 35.6 Å². The van der Waals surface area contributed by atoms with Gasteiger partial charge in [0.05, 0.1) is 16.0 Å². The number of carbonyl (C=O) groups is 1. The number of halogens is 3. The van der Waals surface area contributed by atoms with Crippen molar-refractivity contribution >= 4 is 41.5 Å². The van der Waals surface area contributed by atoms with Crippen LogP contribution in [0.2, 0.25) is 10.0 Å². The molecule has 1 aromatic carbocycles. The number of likely N-dealkylation sites (N-methyl/N-ethyl adjacent to an activating group) is 2. The Bertz CT molecular complexity index is 426. The highest BCUT2D eigenvalue weighted by Crippen LogP contribution is 2.27. The quantitative estimate of drug-likeness (QED) is 0.901. The Morgan fingerprint density at radius 2 is 2.00 bits per heavy atom. The van der Waals surface area contributed by atoms with Gasteiger partial charge >= 0.3 is 0 Å². The number of benzene rings is 1. The largest absolute Gasteiger partial charge is 0.344 e. The van der Waals surface area contributed by atoms with Gasteiger partial charge in [0.2, 0.25) is 5.91 Å². The van der Waals surface area contributed by atoms with E-state index < -0.39 is 0 Å². The van der Waals surface area contributed by atoms with E-state index in [9.17, 15) is 4.79 Å². The lowest BCUT2D eigenvalue weighted by Gasteiger charge is -2.21. The molecule has 6 heteroatoms. The topological polar surface area (TPSA) is 32.3 Å². The van der Waals surface area contributed by atoms with Crippen LogP contribution in [0.15, 0.2) is 18.2 Å². The minimum Gasteiger partial charge on any atom is -0.344 e. The van der Waals surface area contributed by atoms with Crippen LogP contribution in [-0.2, 0) is 4.79 Å². The highest BCUT2D eigenvalue weighted by Gasteiger charge is 2.19. The maximum absolute atomic E-state index is 12.2. The van der Waals surface area contributed by atoms with E-state index in [1.165, 1.54) is 0 Å². The second-order valence-electron chi connectivity index (χ2n) is 4.26. The molecule has 1 atom stereocenters. The predicted octanol–water partition coefficient (Wildman–Crippen LogP) is 3.20. The van der Waals surface area contributed by atoms with Gasteiger partial charge in [-0.15, -0.1) is 12.4 Å². The second kappa shape index (κ2) is 8.64. The van der Waals surface area contributed by atoms with Crippen LogP contribution in [0.3, 0.4) is 0 Å². The monoisotopic (exact) mass is 324 g/mol. The van der Waals surface area contributed by atoms with E-state index in [0.29, 0.717) is 16.6 Å². The third kappa shape index (κ3) is 5.19. The molecule has 1 aromatic rings. The van der Waals surface area contributed by atoms with Gasteiger partial charge in [-0.2, -0.15) is 0 Å². The molecule has 0 aliphatic carbocycles. The number of hydrogen-bond acceptors (Lipinski definition) is 2. The minimum atomic E-state index is -0.221. The van der Waals surface area contributed by atoms with Gasteiger partial charge in [0.1, 0.15) is 0 Å². The van der Waals surface area contributed by atoms with Gasteiger partial charge in [-0.25, -0.2) is 0 Å². The number of amides is 1. The van der Waals surface area contributed by atoms with Crippen molar-refractivity contribution in [3.63, 3.8) is 0 Å². The molecule has 1 unspecified atom stereocenters. The summed E-state index contributed by atoms with van der Waals surface area (Å²) in [6.45, 7) is 3.33. The molecule has 0 radical (unpaired) electrons. The van der Waals surface area contributed by atoms with E-state index >= 15 is 0 Å². The average molecular weight is 326 g/mol. The lowest BCUT2D eigenvalue weighted by Crippen LogP contribution is -2.35. The molecule has 1 N–H and O–H groups in total. The van der Waals surface area contributed by atoms with Crippen molar-refractivity contribution in [2.24, 2.45) is 0 Å². The van der Waals surface area contributed by atoms with E-state index in [0.717, 1.165) is 12.1 Å². The summed E-state index contributed by atoms with van der Waals surface area (Å²) < 4.78 is 0. The van der Waals surface area contributed by atoms with E-state index in [1.807, 2.05) is 20.0 Å². The van der Waals surface area contributed by atoms with Crippen molar-refractivity contribution in [1.82, 2.24) is 10.2 Å². The number of rotatable bonds is 5. The van der Waals surface area contributed by atoms with Gasteiger partial charge in [0, 0.05) is 20.1 Å². The number of nitrogens with one attached hydrogen (secondary N) is 1. The van der Waals surface area contributed by atoms with Crippen LogP contribution < -0.4 is 5.32 Å². The minimum absolute atomic E-state index is 0. The molecule has 0 aliphatic rings. The van der Waals surface area contributed by atoms with Crippen LogP contribution in [0.25, 0.3) is 0 Å². The Labute approximate surface area is 130 Å². The van der Waals surface area contributed by atoms with Crippen molar-refractivity contribution in [2.45, 2.75) is 12.8 Å². The second-order valence-corrected chi connectivity index (χ2v) is 5.07. The zero-order chi connectivity index (χ0) is 13.7. The van der Waals surface area contributed by atoms with Crippen LogP contribution in [0.5, 0.6) is 0 Å². The molecule has 0 fully saturated rings. The van der Waals surface area contributed by atoms with E-state index in [2.05, 4.69) is 5.32 Å². The molecule has 108 valence electrons.